The van der Waals surface area contributed by atoms with Crippen molar-refractivity contribution >= 4 is 20.7 Å². The van der Waals surface area contributed by atoms with Crippen LogP contribution < -0.4 is 0 Å². The zero-order chi connectivity index (χ0) is 14.1. The van der Waals surface area contributed by atoms with Crippen LogP contribution in [0.5, 0.6) is 0 Å². The van der Waals surface area contributed by atoms with Crippen molar-refractivity contribution in [2.75, 3.05) is 13.1 Å². The maximum Gasteiger partial charge on any atom is 0.487 e. The van der Waals surface area contributed by atoms with Gasteiger partial charge in [0.2, 0.25) is 0 Å². The first-order valence-corrected chi connectivity index (χ1v) is 6.92. The monoisotopic (exact) mass is 262 g/mol. The van der Waals surface area contributed by atoms with Crippen LogP contribution in [-0.4, -0.2) is 49.8 Å². The first kappa shape index (κ1) is 14.8. The molecular formula is C13H22B2NO3. The highest BCUT2D eigenvalue weighted by molar-refractivity contribution is 6.64. The molecule has 2 heterocycles. The van der Waals surface area contributed by atoms with Gasteiger partial charge in [-0.15, -0.1) is 0 Å². The molecule has 6 heteroatoms. The molecule has 2 rings (SSSR count). The van der Waals surface area contributed by atoms with Crippen LogP contribution >= 0.6 is 0 Å². The van der Waals surface area contributed by atoms with E-state index in [1.807, 2.05) is 0 Å². The number of hydrogen-bond acceptors (Lipinski definition) is 4. The topological polar surface area (TPSA) is 38.8 Å². The molecule has 19 heavy (non-hydrogen) atoms. The summed E-state index contributed by atoms with van der Waals surface area (Å²) in [7, 11) is 1.37. The molecule has 0 aromatic heterocycles. The van der Waals surface area contributed by atoms with E-state index in [4.69, 9.17) is 9.31 Å². The van der Waals surface area contributed by atoms with Gasteiger partial charge in [-0.05, 0) is 53.6 Å². The van der Waals surface area contributed by atoms with E-state index in [2.05, 4.69) is 38.5 Å². The normalized spacial score (nSPS) is 26.3. The second-order valence-corrected chi connectivity index (χ2v) is 6.27. The summed E-state index contributed by atoms with van der Waals surface area (Å²) in [5.74, 6) is 2.11. The molecule has 0 unspecified atom stereocenters. The summed E-state index contributed by atoms with van der Waals surface area (Å²) in [4.78, 5) is 12.5. The predicted octanol–water partition coefficient (Wildman–Crippen LogP) is 1.45. The number of nitrogens with zero attached hydrogens (tertiary/aromatic N) is 1. The highest BCUT2D eigenvalue weighted by atomic mass is 16.7. The Balaban J connectivity index is 1.92. The van der Waals surface area contributed by atoms with Crippen molar-refractivity contribution in [1.29, 1.82) is 0 Å². The average molecular weight is 262 g/mol. The van der Waals surface area contributed by atoms with Crippen LogP contribution in [0.3, 0.4) is 0 Å². The van der Waals surface area contributed by atoms with Gasteiger partial charge >= 0.3 is 7.12 Å². The smallest absolute Gasteiger partial charge is 0.400 e. The summed E-state index contributed by atoms with van der Waals surface area (Å²) in [5, 5.41) is 0. The minimum Gasteiger partial charge on any atom is -0.400 e. The number of hydrogen-bond donors (Lipinski definition) is 0. The van der Waals surface area contributed by atoms with Gasteiger partial charge < -0.3 is 18.9 Å². The zero-order valence-electron chi connectivity index (χ0n) is 12.3. The zero-order valence-corrected chi connectivity index (χ0v) is 12.3. The number of piperidine rings is 1. The molecule has 0 aliphatic carbocycles. The number of rotatable bonds is 3. The lowest BCUT2D eigenvalue weighted by Crippen LogP contribution is -2.41. The average Bonchev–Trinajstić information content (AvgIpc) is 2.50. The molecule has 2 aliphatic rings. The molecule has 0 bridgehead atoms. The van der Waals surface area contributed by atoms with Gasteiger partial charge in [0.15, 0.2) is 0 Å². The fourth-order valence-corrected chi connectivity index (χ4v) is 2.36. The summed E-state index contributed by atoms with van der Waals surface area (Å²) >= 11 is 0. The molecule has 1 radical (unpaired) electrons. The van der Waals surface area contributed by atoms with Gasteiger partial charge in [-0.1, -0.05) is 11.5 Å². The Kier molecular flexibility index (Phi) is 4.23. The van der Waals surface area contributed by atoms with Crippen LogP contribution in [0.1, 0.15) is 40.5 Å². The predicted molar refractivity (Wildman–Crippen MR) is 77.5 cm³/mol. The lowest BCUT2D eigenvalue weighted by Gasteiger charge is -2.32. The van der Waals surface area contributed by atoms with Gasteiger partial charge in [0, 0.05) is 0 Å². The first-order chi connectivity index (χ1) is 8.84. The molecule has 0 amide bonds. The molecular weight excluding hydrogens is 240 g/mol. The van der Waals surface area contributed by atoms with Crippen molar-refractivity contribution < 1.29 is 14.1 Å². The maximum absolute atomic E-state index is 10.4. The van der Waals surface area contributed by atoms with Crippen LogP contribution in [0.25, 0.3) is 0 Å². The summed E-state index contributed by atoms with van der Waals surface area (Å²) in [6.45, 7) is 10.0. The van der Waals surface area contributed by atoms with Crippen molar-refractivity contribution in [3.05, 3.63) is 11.5 Å². The lowest BCUT2D eigenvalue weighted by molar-refractivity contribution is 0.00578. The van der Waals surface area contributed by atoms with Crippen molar-refractivity contribution in [3.8, 4) is 0 Å². The van der Waals surface area contributed by atoms with E-state index in [1.54, 1.807) is 7.41 Å². The van der Waals surface area contributed by atoms with E-state index >= 15 is 0 Å². The van der Waals surface area contributed by atoms with E-state index in [0.29, 0.717) is 0 Å². The maximum atomic E-state index is 10.4. The molecule has 0 N–H and O–H groups in total. The largest absolute Gasteiger partial charge is 0.487 e. The van der Waals surface area contributed by atoms with E-state index < -0.39 is 0 Å². The molecule has 0 aromatic rings. The standard InChI is InChI=1S/C13H22B2NO3/c1-12(2)13(3,4)19-15(18-12)9-11-5-7-16(8-6-11)14-10-17/h9-10H,5-8H2,1-4H3. The SMILES string of the molecule is CC1(C)OB(C=C2CCN([B]C=O)CC2)OC1(C)C. The van der Waals surface area contributed by atoms with Crippen molar-refractivity contribution in [2.45, 2.75) is 51.7 Å². The van der Waals surface area contributed by atoms with Crippen LogP contribution in [0.15, 0.2) is 11.5 Å². The summed E-state index contributed by atoms with van der Waals surface area (Å²) in [6.07, 6.45) is 2.78. The molecule has 0 atom stereocenters. The molecule has 2 fully saturated rings. The van der Waals surface area contributed by atoms with Crippen molar-refractivity contribution in [2.24, 2.45) is 0 Å². The molecule has 2 aliphatic heterocycles. The third-order valence-corrected chi connectivity index (χ3v) is 4.36. The Morgan fingerprint density at radius 3 is 2.16 bits per heavy atom. The molecule has 0 saturated carbocycles. The fourth-order valence-electron chi connectivity index (χ4n) is 2.36. The minimum atomic E-state index is -0.277. The second-order valence-electron chi connectivity index (χ2n) is 6.27. The molecule has 0 aromatic carbocycles. The van der Waals surface area contributed by atoms with E-state index in [9.17, 15) is 4.79 Å². The van der Waals surface area contributed by atoms with Gasteiger partial charge in [-0.3, -0.25) is 0 Å². The van der Waals surface area contributed by atoms with Gasteiger partial charge in [-0.25, -0.2) is 0 Å². The van der Waals surface area contributed by atoms with Gasteiger partial charge in [0.1, 0.15) is 0 Å². The van der Waals surface area contributed by atoms with Gasteiger partial charge in [-0.2, -0.15) is 0 Å². The third kappa shape index (κ3) is 3.30. The van der Waals surface area contributed by atoms with Crippen molar-refractivity contribution in [3.63, 3.8) is 0 Å². The van der Waals surface area contributed by atoms with E-state index in [1.165, 1.54) is 5.57 Å². The number of carbonyl (C=O) groups is 1. The van der Waals surface area contributed by atoms with Crippen LogP contribution in [-0.2, 0) is 14.1 Å². The summed E-state index contributed by atoms with van der Waals surface area (Å²) in [5.41, 5.74) is 0.801. The highest BCUT2D eigenvalue weighted by Gasteiger charge is 2.50. The molecule has 103 valence electrons. The Labute approximate surface area is 116 Å². The second kappa shape index (κ2) is 5.43. The van der Waals surface area contributed by atoms with Crippen LogP contribution in [0.2, 0.25) is 0 Å². The minimum absolute atomic E-state index is 0.249. The Hall–Kier alpha value is -0.580. The lowest BCUT2D eigenvalue weighted by atomic mass is 9.82. The van der Waals surface area contributed by atoms with Gasteiger partial charge in [0.05, 0.1) is 17.4 Å². The molecule has 4 nitrogen and oxygen atoms in total. The Morgan fingerprint density at radius 2 is 1.68 bits per heavy atom. The highest BCUT2D eigenvalue weighted by Crippen LogP contribution is 2.37. The quantitative estimate of drug-likeness (QED) is 0.570. The van der Waals surface area contributed by atoms with Gasteiger partial charge in [0.25, 0.3) is 7.41 Å². The first-order valence-electron chi connectivity index (χ1n) is 6.92. The van der Waals surface area contributed by atoms with Crippen LogP contribution in [0, 0.1) is 0 Å². The molecule has 0 spiro atoms. The Morgan fingerprint density at radius 1 is 1.16 bits per heavy atom. The third-order valence-electron chi connectivity index (χ3n) is 4.36. The number of carbonyl (C=O) groups excluding carboxylic acids is 1. The van der Waals surface area contributed by atoms with Crippen molar-refractivity contribution in [1.82, 2.24) is 4.81 Å². The summed E-state index contributed by atoms with van der Waals surface area (Å²) < 4.78 is 11.9. The van der Waals surface area contributed by atoms with E-state index in [-0.39, 0.29) is 18.3 Å². The molecule has 2 saturated heterocycles. The summed E-state index contributed by atoms with van der Waals surface area (Å²) in [6, 6.07) is 0. The Bertz CT molecular complexity index is 356. The van der Waals surface area contributed by atoms with Crippen LogP contribution in [0.4, 0.5) is 0 Å². The fraction of sp³-hybridized carbons (Fsp3) is 0.769. The van der Waals surface area contributed by atoms with E-state index in [0.717, 1.165) is 32.1 Å².